The number of nitrogens with one attached hydrogen (secondary N) is 1. The quantitative estimate of drug-likeness (QED) is 0.539. The van der Waals surface area contributed by atoms with E-state index in [-0.39, 0.29) is 17.8 Å². The molecule has 1 aromatic rings. The van der Waals surface area contributed by atoms with Gasteiger partial charge >= 0.3 is 0 Å². The van der Waals surface area contributed by atoms with Crippen molar-refractivity contribution in [3.8, 4) is 0 Å². The van der Waals surface area contributed by atoms with E-state index in [0.717, 1.165) is 6.42 Å². The summed E-state index contributed by atoms with van der Waals surface area (Å²) in [6.45, 7) is 0. The minimum absolute atomic E-state index is 0.0386. The number of anilines is 1. The van der Waals surface area contributed by atoms with Crippen LogP contribution in [0.3, 0.4) is 0 Å². The van der Waals surface area contributed by atoms with Crippen LogP contribution in [0.1, 0.15) is 6.42 Å². The molecule has 1 fully saturated rings. The molecule has 2 rings (SSSR count). The van der Waals surface area contributed by atoms with Crippen molar-refractivity contribution in [2.75, 3.05) is 5.32 Å². The molecule has 2 unspecified atom stereocenters. The van der Waals surface area contributed by atoms with E-state index >= 15 is 0 Å². The number of nitro groups is 1. The van der Waals surface area contributed by atoms with Gasteiger partial charge in [-0.2, -0.15) is 0 Å². The van der Waals surface area contributed by atoms with Crippen LogP contribution < -0.4 is 11.1 Å². The summed E-state index contributed by atoms with van der Waals surface area (Å²) in [5, 5.41) is 13.5. The Morgan fingerprint density at radius 2 is 2.43 bits per heavy atom. The normalized spacial score (nSPS) is 24.4. The molecule has 0 saturated heterocycles. The fraction of sp³-hybridized carbons (Fsp3) is 0.375. The molecule has 3 N–H and O–H groups in total. The average molecular weight is 194 g/mol. The summed E-state index contributed by atoms with van der Waals surface area (Å²) in [6.07, 6.45) is 2.30. The van der Waals surface area contributed by atoms with Gasteiger partial charge in [-0.15, -0.1) is 0 Å². The Morgan fingerprint density at radius 3 is 3.00 bits per heavy atom. The number of aromatic nitrogens is 1. The lowest BCUT2D eigenvalue weighted by Crippen LogP contribution is -2.13. The van der Waals surface area contributed by atoms with E-state index in [0.29, 0.717) is 5.82 Å². The molecule has 1 heterocycles. The summed E-state index contributed by atoms with van der Waals surface area (Å²) < 4.78 is 0. The Balaban J connectivity index is 2.10. The molecule has 74 valence electrons. The highest BCUT2D eigenvalue weighted by Crippen LogP contribution is 2.24. The number of nitrogens with two attached hydrogens (primary N) is 1. The van der Waals surface area contributed by atoms with Crippen molar-refractivity contribution < 1.29 is 4.92 Å². The molecule has 14 heavy (non-hydrogen) atoms. The first kappa shape index (κ1) is 8.89. The molecule has 0 spiro atoms. The zero-order chi connectivity index (χ0) is 10.1. The summed E-state index contributed by atoms with van der Waals surface area (Å²) in [4.78, 5) is 14.0. The Hall–Kier alpha value is -1.69. The number of rotatable bonds is 3. The summed E-state index contributed by atoms with van der Waals surface area (Å²) >= 11 is 0. The molecule has 0 aliphatic heterocycles. The SMILES string of the molecule is NC1CC1Nc1cc([N+](=O)[O-])ccn1. The van der Waals surface area contributed by atoms with E-state index < -0.39 is 4.92 Å². The maximum atomic E-state index is 10.4. The van der Waals surface area contributed by atoms with Crippen molar-refractivity contribution in [1.82, 2.24) is 4.98 Å². The lowest BCUT2D eigenvalue weighted by molar-refractivity contribution is -0.384. The predicted molar refractivity (Wildman–Crippen MR) is 50.9 cm³/mol. The van der Waals surface area contributed by atoms with Crippen LogP contribution in [-0.2, 0) is 0 Å². The van der Waals surface area contributed by atoms with E-state index in [1.54, 1.807) is 0 Å². The highest BCUT2D eigenvalue weighted by Gasteiger charge is 2.33. The Labute approximate surface area is 80.3 Å². The largest absolute Gasteiger partial charge is 0.366 e. The van der Waals surface area contributed by atoms with Crippen LogP contribution >= 0.6 is 0 Å². The van der Waals surface area contributed by atoms with Gasteiger partial charge in [0.1, 0.15) is 5.82 Å². The molecule has 0 amide bonds. The minimum Gasteiger partial charge on any atom is -0.366 e. The highest BCUT2D eigenvalue weighted by molar-refractivity contribution is 5.46. The molecule has 6 heteroatoms. The van der Waals surface area contributed by atoms with E-state index in [1.807, 2.05) is 0 Å². The smallest absolute Gasteiger partial charge is 0.274 e. The lowest BCUT2D eigenvalue weighted by Gasteiger charge is -2.02. The van der Waals surface area contributed by atoms with Gasteiger partial charge in [-0.3, -0.25) is 10.1 Å². The van der Waals surface area contributed by atoms with Gasteiger partial charge in [-0.1, -0.05) is 0 Å². The van der Waals surface area contributed by atoms with Gasteiger partial charge in [0.25, 0.3) is 5.69 Å². The van der Waals surface area contributed by atoms with Crippen LogP contribution in [0, 0.1) is 10.1 Å². The first-order valence-electron chi connectivity index (χ1n) is 4.29. The van der Waals surface area contributed by atoms with E-state index in [9.17, 15) is 10.1 Å². The fourth-order valence-corrected chi connectivity index (χ4v) is 1.18. The minimum atomic E-state index is -0.445. The van der Waals surface area contributed by atoms with Crippen LogP contribution in [0.4, 0.5) is 11.5 Å². The van der Waals surface area contributed by atoms with Gasteiger partial charge in [0.05, 0.1) is 11.0 Å². The van der Waals surface area contributed by atoms with Gasteiger partial charge in [0, 0.05) is 24.3 Å². The molecule has 1 aromatic heterocycles. The van der Waals surface area contributed by atoms with Crippen LogP contribution in [0.25, 0.3) is 0 Å². The number of hydrogen-bond acceptors (Lipinski definition) is 5. The van der Waals surface area contributed by atoms with Crippen molar-refractivity contribution in [3.05, 3.63) is 28.4 Å². The van der Waals surface area contributed by atoms with Crippen molar-refractivity contribution in [1.29, 1.82) is 0 Å². The molecule has 2 atom stereocenters. The third-order valence-electron chi connectivity index (χ3n) is 2.13. The van der Waals surface area contributed by atoms with Crippen molar-refractivity contribution in [2.24, 2.45) is 5.73 Å². The summed E-state index contributed by atoms with van der Waals surface area (Å²) in [7, 11) is 0. The maximum absolute atomic E-state index is 10.4. The second kappa shape index (κ2) is 3.22. The predicted octanol–water partition coefficient (Wildman–Crippen LogP) is 0.501. The standard InChI is InChI=1S/C8H10N4O2/c9-6-4-7(6)11-8-3-5(12(13)14)1-2-10-8/h1-3,6-7H,4,9H2,(H,10,11). The Bertz CT molecular complexity index is 368. The van der Waals surface area contributed by atoms with Gasteiger partial charge in [-0.05, 0) is 6.42 Å². The molecule has 6 nitrogen and oxygen atoms in total. The average Bonchev–Trinajstić information content (AvgIpc) is 2.82. The van der Waals surface area contributed by atoms with Crippen molar-refractivity contribution in [3.63, 3.8) is 0 Å². The van der Waals surface area contributed by atoms with Crippen molar-refractivity contribution in [2.45, 2.75) is 18.5 Å². The third kappa shape index (κ3) is 1.80. The Morgan fingerprint density at radius 1 is 1.71 bits per heavy atom. The molecule has 1 saturated carbocycles. The van der Waals surface area contributed by atoms with Gasteiger partial charge < -0.3 is 11.1 Å². The topological polar surface area (TPSA) is 94.1 Å². The van der Waals surface area contributed by atoms with Gasteiger partial charge in [0.15, 0.2) is 0 Å². The molecule has 0 bridgehead atoms. The Kier molecular flexibility index (Phi) is 2.05. The second-order valence-corrected chi connectivity index (χ2v) is 3.31. The molecule has 1 aliphatic carbocycles. The number of hydrogen-bond donors (Lipinski definition) is 2. The molecular weight excluding hydrogens is 184 g/mol. The van der Waals surface area contributed by atoms with Crippen molar-refractivity contribution >= 4 is 11.5 Å². The van der Waals surface area contributed by atoms with Crippen LogP contribution in [-0.4, -0.2) is 22.0 Å². The molecule has 1 aliphatic rings. The van der Waals surface area contributed by atoms with Crippen LogP contribution in [0.15, 0.2) is 18.3 Å². The van der Waals surface area contributed by atoms with E-state index in [1.165, 1.54) is 18.3 Å². The first-order valence-corrected chi connectivity index (χ1v) is 4.29. The van der Waals surface area contributed by atoms with Crippen LogP contribution in [0.2, 0.25) is 0 Å². The molecular formula is C8H10N4O2. The second-order valence-electron chi connectivity index (χ2n) is 3.31. The van der Waals surface area contributed by atoms with Gasteiger partial charge in [-0.25, -0.2) is 4.98 Å². The summed E-state index contributed by atoms with van der Waals surface area (Å²) in [5.41, 5.74) is 5.63. The molecule has 0 aromatic carbocycles. The fourth-order valence-electron chi connectivity index (χ4n) is 1.18. The lowest BCUT2D eigenvalue weighted by atomic mass is 10.4. The summed E-state index contributed by atoms with van der Waals surface area (Å²) in [6, 6.07) is 3.13. The first-order chi connectivity index (χ1) is 6.66. The van der Waals surface area contributed by atoms with Gasteiger partial charge in [0.2, 0.25) is 0 Å². The zero-order valence-electron chi connectivity index (χ0n) is 7.38. The molecule has 0 radical (unpaired) electrons. The number of pyridine rings is 1. The zero-order valence-corrected chi connectivity index (χ0v) is 7.38. The van der Waals surface area contributed by atoms with Crippen LogP contribution in [0.5, 0.6) is 0 Å². The summed E-state index contributed by atoms with van der Waals surface area (Å²) in [5.74, 6) is 0.511. The monoisotopic (exact) mass is 194 g/mol. The number of nitrogens with zero attached hydrogens (tertiary/aromatic N) is 2. The third-order valence-corrected chi connectivity index (χ3v) is 2.13. The van der Waals surface area contributed by atoms with E-state index in [4.69, 9.17) is 5.73 Å². The van der Waals surface area contributed by atoms with E-state index in [2.05, 4.69) is 10.3 Å². The highest BCUT2D eigenvalue weighted by atomic mass is 16.6. The maximum Gasteiger partial charge on any atom is 0.274 e.